The molecule has 0 saturated heterocycles. The average Bonchev–Trinajstić information content (AvgIpc) is 2.30. The summed E-state index contributed by atoms with van der Waals surface area (Å²) in [4.78, 5) is 0. The molecule has 1 aliphatic rings. The van der Waals surface area contributed by atoms with E-state index in [-0.39, 0.29) is 5.82 Å². The van der Waals surface area contributed by atoms with Crippen LogP contribution in [0.4, 0.5) is 10.1 Å². The molecule has 0 spiro atoms. The van der Waals surface area contributed by atoms with E-state index >= 15 is 0 Å². The topological polar surface area (TPSA) is 12.0 Å². The van der Waals surface area contributed by atoms with Gasteiger partial charge in [0.15, 0.2) is 0 Å². The van der Waals surface area contributed by atoms with Crippen molar-refractivity contribution in [3.8, 4) is 0 Å². The predicted octanol–water partition coefficient (Wildman–Crippen LogP) is 4.37. The van der Waals surface area contributed by atoms with E-state index in [4.69, 9.17) is 0 Å². The molecule has 1 fully saturated rings. The zero-order valence-electron chi connectivity index (χ0n) is 11.0. The second kappa shape index (κ2) is 5.07. The highest BCUT2D eigenvalue weighted by molar-refractivity contribution is 5.51. The Morgan fingerprint density at radius 3 is 2.65 bits per heavy atom. The maximum Gasteiger partial charge on any atom is 0.128 e. The summed E-state index contributed by atoms with van der Waals surface area (Å²) in [6.45, 7) is 6.48. The zero-order valence-corrected chi connectivity index (χ0v) is 11.0. The standard InChI is InChI=1S/C15H22FN/c1-10-7-8-13(9-11(10)2)17-15-6-4-5-14(16)12(15)3/h4-6,10-11,13,17H,7-9H2,1-3H3. The van der Waals surface area contributed by atoms with E-state index in [1.165, 1.54) is 25.3 Å². The molecule has 2 heteroatoms. The first-order valence-corrected chi connectivity index (χ1v) is 6.59. The molecule has 0 amide bonds. The van der Waals surface area contributed by atoms with Crippen LogP contribution in [0, 0.1) is 24.6 Å². The highest BCUT2D eigenvalue weighted by Gasteiger charge is 2.24. The lowest BCUT2D eigenvalue weighted by Crippen LogP contribution is -2.30. The Labute approximate surface area is 103 Å². The normalized spacial score (nSPS) is 29.1. The van der Waals surface area contributed by atoms with Gasteiger partial charge < -0.3 is 5.32 Å². The second-order valence-electron chi connectivity index (χ2n) is 5.52. The van der Waals surface area contributed by atoms with Crippen LogP contribution in [0.3, 0.4) is 0 Å². The van der Waals surface area contributed by atoms with Gasteiger partial charge in [0.2, 0.25) is 0 Å². The Morgan fingerprint density at radius 1 is 1.18 bits per heavy atom. The molecular formula is C15H22FN. The fourth-order valence-electron chi connectivity index (χ4n) is 2.66. The lowest BCUT2D eigenvalue weighted by molar-refractivity contribution is 0.261. The van der Waals surface area contributed by atoms with Gasteiger partial charge in [-0.3, -0.25) is 0 Å². The van der Waals surface area contributed by atoms with Gasteiger partial charge in [0.1, 0.15) is 5.82 Å². The quantitative estimate of drug-likeness (QED) is 0.802. The van der Waals surface area contributed by atoms with Crippen molar-refractivity contribution in [1.82, 2.24) is 0 Å². The molecule has 1 aliphatic carbocycles. The molecular weight excluding hydrogens is 213 g/mol. The number of anilines is 1. The lowest BCUT2D eigenvalue weighted by atomic mass is 9.79. The van der Waals surface area contributed by atoms with E-state index in [0.29, 0.717) is 6.04 Å². The fraction of sp³-hybridized carbons (Fsp3) is 0.600. The molecule has 17 heavy (non-hydrogen) atoms. The number of nitrogens with one attached hydrogen (secondary N) is 1. The van der Waals surface area contributed by atoms with E-state index < -0.39 is 0 Å². The third-order valence-corrected chi connectivity index (χ3v) is 4.23. The second-order valence-corrected chi connectivity index (χ2v) is 5.52. The molecule has 1 saturated carbocycles. The smallest absolute Gasteiger partial charge is 0.128 e. The van der Waals surface area contributed by atoms with Crippen molar-refractivity contribution in [2.45, 2.75) is 46.1 Å². The highest BCUT2D eigenvalue weighted by atomic mass is 19.1. The molecule has 1 nitrogen and oxygen atoms in total. The summed E-state index contributed by atoms with van der Waals surface area (Å²) >= 11 is 0. The maximum absolute atomic E-state index is 13.4. The summed E-state index contributed by atoms with van der Waals surface area (Å²) in [6, 6.07) is 5.77. The minimum atomic E-state index is -0.118. The van der Waals surface area contributed by atoms with Crippen LogP contribution < -0.4 is 5.32 Å². The van der Waals surface area contributed by atoms with Crippen molar-refractivity contribution in [3.05, 3.63) is 29.6 Å². The van der Waals surface area contributed by atoms with Crippen LogP contribution in [0.25, 0.3) is 0 Å². The third kappa shape index (κ3) is 2.80. The van der Waals surface area contributed by atoms with Gasteiger partial charge in [-0.15, -0.1) is 0 Å². The van der Waals surface area contributed by atoms with Crippen molar-refractivity contribution in [3.63, 3.8) is 0 Å². The monoisotopic (exact) mass is 235 g/mol. The van der Waals surface area contributed by atoms with E-state index in [0.717, 1.165) is 23.1 Å². The number of halogens is 1. The number of benzene rings is 1. The summed E-state index contributed by atoms with van der Waals surface area (Å²) in [5.74, 6) is 1.46. The van der Waals surface area contributed by atoms with Crippen LogP contribution in [0.2, 0.25) is 0 Å². The first kappa shape index (κ1) is 12.4. The molecule has 1 aromatic carbocycles. The van der Waals surface area contributed by atoms with Crippen LogP contribution in [-0.4, -0.2) is 6.04 Å². The molecule has 3 unspecified atom stereocenters. The van der Waals surface area contributed by atoms with Crippen molar-refractivity contribution in [1.29, 1.82) is 0 Å². The highest BCUT2D eigenvalue weighted by Crippen LogP contribution is 2.31. The number of hydrogen-bond acceptors (Lipinski definition) is 1. The molecule has 0 aromatic heterocycles. The Hall–Kier alpha value is -1.05. The van der Waals surface area contributed by atoms with Gasteiger partial charge in [0.05, 0.1) is 0 Å². The summed E-state index contributed by atoms with van der Waals surface area (Å²) in [5.41, 5.74) is 1.69. The Balaban J connectivity index is 2.04. The van der Waals surface area contributed by atoms with Gasteiger partial charge in [-0.2, -0.15) is 0 Å². The predicted molar refractivity (Wildman–Crippen MR) is 70.7 cm³/mol. The molecule has 2 rings (SSSR count). The maximum atomic E-state index is 13.4. The average molecular weight is 235 g/mol. The molecule has 0 heterocycles. The van der Waals surface area contributed by atoms with E-state index in [1.807, 2.05) is 13.0 Å². The van der Waals surface area contributed by atoms with Crippen LogP contribution in [-0.2, 0) is 0 Å². The Kier molecular flexibility index (Phi) is 3.70. The van der Waals surface area contributed by atoms with Crippen molar-refractivity contribution >= 4 is 5.69 Å². The van der Waals surface area contributed by atoms with Crippen molar-refractivity contribution in [2.75, 3.05) is 5.32 Å². The molecule has 0 radical (unpaired) electrons. The Bertz CT molecular complexity index is 389. The third-order valence-electron chi connectivity index (χ3n) is 4.23. The fourth-order valence-corrected chi connectivity index (χ4v) is 2.66. The number of rotatable bonds is 2. The molecule has 0 aliphatic heterocycles. The molecule has 0 bridgehead atoms. The molecule has 1 N–H and O–H groups in total. The van der Waals surface area contributed by atoms with Crippen molar-refractivity contribution in [2.24, 2.45) is 11.8 Å². The van der Waals surface area contributed by atoms with Crippen LogP contribution in [0.1, 0.15) is 38.7 Å². The van der Waals surface area contributed by atoms with Crippen molar-refractivity contribution < 1.29 is 4.39 Å². The summed E-state index contributed by atoms with van der Waals surface area (Å²) in [6.07, 6.45) is 3.66. The minimum Gasteiger partial charge on any atom is -0.382 e. The number of hydrogen-bond donors (Lipinski definition) is 1. The first-order valence-electron chi connectivity index (χ1n) is 6.59. The van der Waals surface area contributed by atoms with Gasteiger partial charge in [-0.1, -0.05) is 19.9 Å². The van der Waals surface area contributed by atoms with Crippen LogP contribution >= 0.6 is 0 Å². The zero-order chi connectivity index (χ0) is 12.4. The first-order chi connectivity index (χ1) is 8.08. The molecule has 1 aromatic rings. The SMILES string of the molecule is Cc1c(F)cccc1NC1CCC(C)C(C)C1. The molecule has 94 valence electrons. The minimum absolute atomic E-state index is 0.118. The summed E-state index contributed by atoms with van der Waals surface area (Å²) in [7, 11) is 0. The van der Waals surface area contributed by atoms with E-state index in [9.17, 15) is 4.39 Å². The summed E-state index contributed by atoms with van der Waals surface area (Å²) < 4.78 is 13.4. The Morgan fingerprint density at radius 2 is 1.94 bits per heavy atom. The van der Waals surface area contributed by atoms with Gasteiger partial charge in [-0.05, 0) is 50.2 Å². The van der Waals surface area contributed by atoms with Gasteiger partial charge in [-0.25, -0.2) is 4.39 Å². The van der Waals surface area contributed by atoms with Crippen LogP contribution in [0.5, 0.6) is 0 Å². The van der Waals surface area contributed by atoms with E-state index in [1.54, 1.807) is 6.07 Å². The lowest BCUT2D eigenvalue weighted by Gasteiger charge is -2.33. The summed E-state index contributed by atoms with van der Waals surface area (Å²) in [5, 5.41) is 3.50. The van der Waals surface area contributed by atoms with Gasteiger partial charge in [0.25, 0.3) is 0 Å². The largest absolute Gasteiger partial charge is 0.382 e. The van der Waals surface area contributed by atoms with Gasteiger partial charge in [0, 0.05) is 17.3 Å². The van der Waals surface area contributed by atoms with Crippen LogP contribution in [0.15, 0.2) is 18.2 Å². The van der Waals surface area contributed by atoms with E-state index in [2.05, 4.69) is 19.2 Å². The molecule has 3 atom stereocenters. The van der Waals surface area contributed by atoms with Gasteiger partial charge >= 0.3 is 0 Å².